The average molecular weight is 1250 g/mol. The highest BCUT2D eigenvalue weighted by atomic mass is 16.7. The molecule has 0 heterocycles. The third-order valence-corrected chi connectivity index (χ3v) is 13.5. The number of hydrogen-bond donors (Lipinski definition) is 0. The van der Waals surface area contributed by atoms with E-state index in [2.05, 4.69) is 52.6 Å². The van der Waals surface area contributed by atoms with Gasteiger partial charge in [-0.05, 0) is 25.7 Å². The van der Waals surface area contributed by atoms with E-state index in [0.29, 0.717) is 0 Å². The molecule has 0 aromatic heterocycles. The molecular formula is C61H86N2O25. The zero-order valence-electron chi connectivity index (χ0n) is 51.1. The van der Waals surface area contributed by atoms with E-state index >= 15 is 0 Å². The summed E-state index contributed by atoms with van der Waals surface area (Å²) in [5.41, 5.74) is -4.87. The van der Waals surface area contributed by atoms with Crippen LogP contribution >= 0.6 is 0 Å². The van der Waals surface area contributed by atoms with Crippen molar-refractivity contribution in [2.24, 2.45) is 21.7 Å². The average Bonchev–Trinajstić information content (AvgIpc) is 3.73. The Kier molecular flexibility index (Phi) is 39.7. The van der Waals surface area contributed by atoms with Crippen LogP contribution in [-0.2, 0) is 119 Å². The predicted octanol–water partition coefficient (Wildman–Crippen LogP) is 4.63. The van der Waals surface area contributed by atoms with E-state index < -0.39 is 139 Å². The fourth-order valence-corrected chi connectivity index (χ4v) is 6.79. The van der Waals surface area contributed by atoms with E-state index in [1.54, 1.807) is 27.7 Å². The number of carbonyl (C=O) groups is 12. The smallest absolute Gasteiger partial charge is 0.330 e. The van der Waals surface area contributed by atoms with Crippen LogP contribution in [0.3, 0.4) is 0 Å². The zero-order chi connectivity index (χ0) is 66.6. The first-order valence-corrected chi connectivity index (χ1v) is 27.9. The molecule has 0 bridgehead atoms. The van der Waals surface area contributed by atoms with E-state index in [-0.39, 0.29) is 118 Å². The van der Waals surface area contributed by atoms with Crippen molar-refractivity contribution in [3.8, 4) is 0 Å². The minimum atomic E-state index is -1.22. The quantitative estimate of drug-likeness (QED) is 0.0263. The van der Waals surface area contributed by atoms with Crippen LogP contribution in [0.2, 0.25) is 0 Å². The molecule has 0 aliphatic heterocycles. The molecule has 0 spiro atoms. The molecule has 27 heteroatoms. The van der Waals surface area contributed by atoms with E-state index in [1.165, 1.54) is 9.96 Å². The van der Waals surface area contributed by atoms with Gasteiger partial charge in [0.15, 0.2) is 0 Å². The molecule has 0 saturated heterocycles. The molecule has 27 nitrogen and oxygen atoms in total. The number of ether oxygens (including phenoxy) is 12. The maximum absolute atomic E-state index is 13.6. The largest absolute Gasteiger partial charge is 0.465 e. The molecule has 0 unspecified atom stereocenters. The molecule has 0 rings (SSSR count). The van der Waals surface area contributed by atoms with Gasteiger partial charge in [0.05, 0.1) is 47.3 Å². The molecule has 0 amide bonds. The van der Waals surface area contributed by atoms with E-state index in [0.717, 1.165) is 48.6 Å². The van der Waals surface area contributed by atoms with E-state index in [9.17, 15) is 57.5 Å². The van der Waals surface area contributed by atoms with Gasteiger partial charge in [0.1, 0.15) is 86.0 Å². The van der Waals surface area contributed by atoms with Crippen LogP contribution in [0.25, 0.3) is 0 Å². The standard InChI is InChI=1S/C61H86N2O25/c1-13-46(64)76-33-58(21-9,34-77-47(65)14-2)41-84-54(72)25-29-62(30-26-55(73)85-42-59(22-10,35-78-48(66)15-3)36-79-49(67)16-4)45-88-63(31-27-56(74)86-43-60(23-11,37-80-50(68)17-5)38-81-51(69)18-6)32-28-57(75)87-44-61(24-12,39-82-52(70)19-7)40-83-53(71)20-8/h13-20H,1-8,21-45H2,9-12H3. The number of rotatable bonds is 51. The Morgan fingerprint density at radius 1 is 0.284 bits per heavy atom. The van der Waals surface area contributed by atoms with Crippen LogP contribution in [0.1, 0.15) is 79.1 Å². The van der Waals surface area contributed by atoms with Crippen molar-refractivity contribution >= 4 is 71.6 Å². The SMILES string of the molecule is C=CC(=O)OCC(CC)(COC(=O)C=C)COC(=O)CCN(CCC(=O)OCC(CC)(COC(=O)C=C)COC(=O)C=C)CON(CCC(=O)OCC(CC)(COC(=O)C=C)COC(=O)C=C)CCC(=O)OCC(CC)(COC(=O)C=C)COC(=O)C=C. The monoisotopic (exact) mass is 1250 g/mol. The van der Waals surface area contributed by atoms with Gasteiger partial charge in [-0.2, -0.15) is 5.06 Å². The summed E-state index contributed by atoms with van der Waals surface area (Å²) in [7, 11) is 0. The summed E-state index contributed by atoms with van der Waals surface area (Å²) in [4.78, 5) is 158. The van der Waals surface area contributed by atoms with Gasteiger partial charge in [-0.3, -0.25) is 28.9 Å². The van der Waals surface area contributed by atoms with Crippen molar-refractivity contribution in [1.29, 1.82) is 0 Å². The molecule has 0 fully saturated rings. The van der Waals surface area contributed by atoms with Crippen molar-refractivity contribution in [3.05, 3.63) is 101 Å². The van der Waals surface area contributed by atoms with E-state index in [4.69, 9.17) is 61.7 Å². The molecule has 0 N–H and O–H groups in total. The van der Waals surface area contributed by atoms with Gasteiger partial charge in [-0.15, -0.1) is 0 Å². The van der Waals surface area contributed by atoms with Crippen LogP contribution in [0.15, 0.2) is 101 Å². The Hall–Kier alpha value is -8.56. The molecule has 0 atom stereocenters. The number of hydrogen-bond acceptors (Lipinski definition) is 27. The van der Waals surface area contributed by atoms with Crippen molar-refractivity contribution in [3.63, 3.8) is 0 Å². The van der Waals surface area contributed by atoms with Crippen molar-refractivity contribution in [1.82, 2.24) is 9.96 Å². The number of esters is 12. The van der Waals surface area contributed by atoms with Crippen LogP contribution in [0.5, 0.6) is 0 Å². The highest BCUT2D eigenvalue weighted by Crippen LogP contribution is 2.28. The van der Waals surface area contributed by atoms with Gasteiger partial charge in [0.2, 0.25) is 0 Å². The predicted molar refractivity (Wildman–Crippen MR) is 312 cm³/mol. The zero-order valence-corrected chi connectivity index (χ0v) is 51.1. The van der Waals surface area contributed by atoms with Gasteiger partial charge in [0.25, 0.3) is 0 Å². The molecule has 490 valence electrons. The lowest BCUT2D eigenvalue weighted by Gasteiger charge is -2.31. The topological polar surface area (TPSA) is 331 Å². The maximum atomic E-state index is 13.6. The molecule has 0 radical (unpaired) electrons. The lowest BCUT2D eigenvalue weighted by atomic mass is 9.88. The molecule has 88 heavy (non-hydrogen) atoms. The van der Waals surface area contributed by atoms with E-state index in [1.807, 2.05) is 0 Å². The fraction of sp³-hybridized carbons (Fsp3) is 0.541. The Balaban J connectivity index is 7.20. The first kappa shape index (κ1) is 79.4. The fourth-order valence-electron chi connectivity index (χ4n) is 6.79. The minimum Gasteiger partial charge on any atom is -0.465 e. The Morgan fingerprint density at radius 2 is 0.455 bits per heavy atom. The highest BCUT2D eigenvalue weighted by Gasteiger charge is 2.38. The lowest BCUT2D eigenvalue weighted by Crippen LogP contribution is -2.41. The third kappa shape index (κ3) is 33.4. The van der Waals surface area contributed by atoms with Crippen molar-refractivity contribution in [2.45, 2.75) is 79.1 Å². The summed E-state index contributed by atoms with van der Waals surface area (Å²) >= 11 is 0. The van der Waals surface area contributed by atoms with Gasteiger partial charge >= 0.3 is 71.6 Å². The van der Waals surface area contributed by atoms with Gasteiger partial charge < -0.3 is 56.8 Å². The second-order valence-corrected chi connectivity index (χ2v) is 19.9. The summed E-state index contributed by atoms with van der Waals surface area (Å²) < 4.78 is 64.6. The summed E-state index contributed by atoms with van der Waals surface area (Å²) in [5, 5.41) is 1.19. The van der Waals surface area contributed by atoms with Gasteiger partial charge in [-0.1, -0.05) is 80.3 Å². The summed E-state index contributed by atoms with van der Waals surface area (Å²) in [6.07, 6.45) is 6.49. The Labute approximate surface area is 513 Å². The van der Waals surface area contributed by atoms with Crippen molar-refractivity contribution < 1.29 is 119 Å². The molecule has 0 aliphatic carbocycles. The van der Waals surface area contributed by atoms with Gasteiger partial charge in [-0.25, -0.2) is 38.4 Å². The van der Waals surface area contributed by atoms with Crippen molar-refractivity contribution in [2.75, 3.05) is 112 Å². The van der Waals surface area contributed by atoms with Crippen LogP contribution in [0, 0.1) is 21.7 Å². The lowest BCUT2D eigenvalue weighted by molar-refractivity contribution is -0.199. The second-order valence-electron chi connectivity index (χ2n) is 19.9. The molecule has 0 aromatic carbocycles. The molecule has 0 aromatic rings. The van der Waals surface area contributed by atoms with Gasteiger partial charge in [0, 0.05) is 74.8 Å². The molecule has 0 saturated carbocycles. The molecule has 0 aliphatic rings. The third-order valence-electron chi connectivity index (χ3n) is 13.5. The molecular weight excluding hydrogens is 1160 g/mol. The normalized spacial score (nSPS) is 11.2. The summed E-state index contributed by atoms with van der Waals surface area (Å²) in [6.45, 7) is 27.9. The summed E-state index contributed by atoms with van der Waals surface area (Å²) in [5.74, 6) is -9.62. The minimum absolute atomic E-state index is 0.182. The summed E-state index contributed by atoms with van der Waals surface area (Å²) in [6, 6.07) is 0. The second kappa shape index (κ2) is 44.0. The maximum Gasteiger partial charge on any atom is 0.330 e. The van der Waals surface area contributed by atoms with Crippen LogP contribution < -0.4 is 0 Å². The Morgan fingerprint density at radius 3 is 0.625 bits per heavy atom. The number of carbonyl (C=O) groups excluding carboxylic acids is 12. The first-order valence-electron chi connectivity index (χ1n) is 27.9. The highest BCUT2D eigenvalue weighted by molar-refractivity contribution is 5.84. The Bertz CT molecular complexity index is 2010. The van der Waals surface area contributed by atoms with Crippen LogP contribution in [0.4, 0.5) is 0 Å². The first-order chi connectivity index (χ1) is 41.8. The van der Waals surface area contributed by atoms with Crippen LogP contribution in [-0.4, -0.2) is 194 Å². The number of nitrogens with zero attached hydrogens (tertiary/aromatic N) is 2. The number of hydroxylamine groups is 2.